The van der Waals surface area contributed by atoms with Gasteiger partial charge in [0.1, 0.15) is 17.6 Å². The summed E-state index contributed by atoms with van der Waals surface area (Å²) >= 11 is 0. The Hall–Kier alpha value is -3.52. The van der Waals surface area contributed by atoms with Gasteiger partial charge in [-0.25, -0.2) is 0 Å². The summed E-state index contributed by atoms with van der Waals surface area (Å²) < 4.78 is 22.0. The van der Waals surface area contributed by atoms with Gasteiger partial charge in [-0.05, 0) is 61.7 Å². The number of likely N-dealkylation sites (tertiary alicyclic amines) is 1. The van der Waals surface area contributed by atoms with E-state index in [4.69, 9.17) is 18.9 Å². The van der Waals surface area contributed by atoms with Crippen molar-refractivity contribution in [2.75, 3.05) is 34.0 Å². The van der Waals surface area contributed by atoms with Crippen molar-refractivity contribution < 1.29 is 33.6 Å². The van der Waals surface area contributed by atoms with Crippen LogP contribution in [-0.4, -0.2) is 61.8 Å². The van der Waals surface area contributed by atoms with Crippen LogP contribution >= 0.6 is 0 Å². The molecule has 0 saturated carbocycles. The fourth-order valence-corrected chi connectivity index (χ4v) is 4.69. The summed E-state index contributed by atoms with van der Waals surface area (Å²) in [5, 5.41) is 11.4. The zero-order valence-electron chi connectivity index (χ0n) is 20.5. The molecule has 8 heteroatoms. The molecule has 0 aliphatic carbocycles. The Labute approximate surface area is 205 Å². The Kier molecular flexibility index (Phi) is 7.31. The van der Waals surface area contributed by atoms with Gasteiger partial charge in [-0.15, -0.1) is 0 Å². The molecule has 1 saturated heterocycles. The molecule has 1 amide bonds. The van der Waals surface area contributed by atoms with Crippen molar-refractivity contribution in [2.45, 2.75) is 38.8 Å². The van der Waals surface area contributed by atoms with Crippen molar-refractivity contribution in [1.29, 1.82) is 0 Å². The highest BCUT2D eigenvalue weighted by atomic mass is 16.5. The number of ether oxygens (including phenoxy) is 4. The number of hydrogen-bond acceptors (Lipinski definition) is 7. The Bertz CT molecular complexity index is 1160. The van der Waals surface area contributed by atoms with Crippen LogP contribution in [0.25, 0.3) is 5.76 Å². The van der Waals surface area contributed by atoms with Crippen molar-refractivity contribution in [3.05, 3.63) is 58.7 Å². The molecule has 0 aromatic heterocycles. The highest BCUT2D eigenvalue weighted by Crippen LogP contribution is 2.42. The molecule has 2 aromatic rings. The minimum atomic E-state index is -0.778. The number of amides is 1. The van der Waals surface area contributed by atoms with Crippen LogP contribution in [0.15, 0.2) is 42.0 Å². The molecule has 0 radical (unpaired) electrons. The van der Waals surface area contributed by atoms with Crippen LogP contribution in [0.4, 0.5) is 0 Å². The molecule has 1 fully saturated rings. The molecular formula is C27H31NO7. The molecule has 1 N–H and O–H groups in total. The second-order valence-corrected chi connectivity index (χ2v) is 8.64. The van der Waals surface area contributed by atoms with Gasteiger partial charge in [0, 0.05) is 32.2 Å². The van der Waals surface area contributed by atoms with Gasteiger partial charge >= 0.3 is 0 Å². The van der Waals surface area contributed by atoms with E-state index in [9.17, 15) is 14.7 Å². The summed E-state index contributed by atoms with van der Waals surface area (Å²) in [6.45, 7) is 5.05. The highest BCUT2D eigenvalue weighted by molar-refractivity contribution is 6.46. The summed E-state index contributed by atoms with van der Waals surface area (Å²) in [6, 6.07) is 9.83. The standard InChI is InChI=1S/C27H31NO7/c1-5-34-21-10-7-17(15-22(21)33-4)24-23(26(30)27(31)28(24)11-6-12-32-3)25(29)18-8-9-20-19(14-18)13-16(2)35-20/h7-10,14-16,24,29H,5-6,11-13H2,1-4H3/b25-23+. The molecule has 2 aromatic carbocycles. The number of carbonyl (C=O) groups excluding carboxylic acids is 2. The Balaban J connectivity index is 1.82. The maximum absolute atomic E-state index is 13.2. The molecule has 0 bridgehead atoms. The lowest BCUT2D eigenvalue weighted by molar-refractivity contribution is -0.140. The largest absolute Gasteiger partial charge is 0.507 e. The normalized spacial score (nSPS) is 20.6. The van der Waals surface area contributed by atoms with Gasteiger partial charge in [0.2, 0.25) is 0 Å². The molecule has 2 aliphatic rings. The summed E-state index contributed by atoms with van der Waals surface area (Å²) in [4.78, 5) is 27.8. The third kappa shape index (κ3) is 4.71. The lowest BCUT2D eigenvalue weighted by Gasteiger charge is -2.26. The third-order valence-corrected chi connectivity index (χ3v) is 6.26. The van der Waals surface area contributed by atoms with Gasteiger partial charge < -0.3 is 29.0 Å². The van der Waals surface area contributed by atoms with Crippen molar-refractivity contribution in [1.82, 2.24) is 4.90 Å². The number of carbonyl (C=O) groups is 2. The van der Waals surface area contributed by atoms with E-state index in [1.165, 1.54) is 12.0 Å². The summed E-state index contributed by atoms with van der Waals surface area (Å²) in [5.41, 5.74) is 2.11. The molecule has 2 unspecified atom stereocenters. The first-order valence-corrected chi connectivity index (χ1v) is 11.8. The Morgan fingerprint density at radius 2 is 1.94 bits per heavy atom. The monoisotopic (exact) mass is 481 g/mol. The molecule has 8 nitrogen and oxygen atoms in total. The van der Waals surface area contributed by atoms with Crippen molar-refractivity contribution in [3.8, 4) is 17.2 Å². The van der Waals surface area contributed by atoms with E-state index < -0.39 is 17.7 Å². The topological polar surface area (TPSA) is 94.5 Å². The van der Waals surface area contributed by atoms with E-state index in [0.717, 1.165) is 11.3 Å². The Morgan fingerprint density at radius 3 is 2.66 bits per heavy atom. The number of fused-ring (bicyclic) bond motifs is 1. The maximum atomic E-state index is 13.2. The van der Waals surface area contributed by atoms with Gasteiger partial charge in [-0.3, -0.25) is 9.59 Å². The van der Waals surface area contributed by atoms with Crippen molar-refractivity contribution in [3.63, 3.8) is 0 Å². The SMILES string of the molecule is CCOc1ccc(C2/C(=C(\O)c3ccc4c(c3)CC(C)O4)C(=O)C(=O)N2CCCOC)cc1OC. The van der Waals surface area contributed by atoms with Crippen LogP contribution in [0.2, 0.25) is 0 Å². The number of Topliss-reactive ketones (excluding diaryl/α,β-unsaturated/α-hetero) is 1. The number of aliphatic hydroxyl groups excluding tert-OH is 1. The molecule has 0 spiro atoms. The molecule has 2 heterocycles. The van der Waals surface area contributed by atoms with Crippen LogP contribution in [-0.2, 0) is 20.7 Å². The number of methoxy groups -OCH3 is 2. The number of hydrogen-bond donors (Lipinski definition) is 1. The second-order valence-electron chi connectivity index (χ2n) is 8.64. The minimum absolute atomic E-state index is 0.0464. The van der Waals surface area contributed by atoms with E-state index in [0.29, 0.717) is 55.2 Å². The quantitative estimate of drug-likeness (QED) is 0.251. The molecule has 2 atom stereocenters. The van der Waals surface area contributed by atoms with Crippen LogP contribution in [0.5, 0.6) is 17.2 Å². The van der Waals surface area contributed by atoms with Crippen LogP contribution in [0, 0.1) is 0 Å². The van der Waals surface area contributed by atoms with Crippen molar-refractivity contribution in [2.24, 2.45) is 0 Å². The molecule has 2 aliphatic heterocycles. The smallest absolute Gasteiger partial charge is 0.295 e. The van der Waals surface area contributed by atoms with Crippen molar-refractivity contribution >= 4 is 17.4 Å². The number of ketones is 1. The summed E-state index contributed by atoms with van der Waals surface area (Å²) in [5.74, 6) is 0.222. The first kappa shape index (κ1) is 24.6. The second kappa shape index (κ2) is 10.4. The molecule has 4 rings (SSSR count). The van der Waals surface area contributed by atoms with Gasteiger partial charge in [-0.1, -0.05) is 6.07 Å². The minimum Gasteiger partial charge on any atom is -0.507 e. The number of benzene rings is 2. The first-order valence-electron chi connectivity index (χ1n) is 11.8. The fraction of sp³-hybridized carbons (Fsp3) is 0.407. The lowest BCUT2D eigenvalue weighted by Crippen LogP contribution is -2.31. The van der Waals surface area contributed by atoms with E-state index in [1.54, 1.807) is 37.4 Å². The number of rotatable bonds is 9. The maximum Gasteiger partial charge on any atom is 0.295 e. The molecule has 35 heavy (non-hydrogen) atoms. The van der Waals surface area contributed by atoms with Gasteiger partial charge in [-0.2, -0.15) is 0 Å². The Morgan fingerprint density at radius 1 is 1.14 bits per heavy atom. The van der Waals surface area contributed by atoms with Crippen LogP contribution in [0.1, 0.15) is 43.0 Å². The van der Waals surface area contributed by atoms with Gasteiger partial charge in [0.25, 0.3) is 11.7 Å². The number of nitrogens with zero attached hydrogens (tertiary/aromatic N) is 1. The molecular weight excluding hydrogens is 450 g/mol. The zero-order chi connectivity index (χ0) is 25.1. The van der Waals surface area contributed by atoms with E-state index >= 15 is 0 Å². The van der Waals surface area contributed by atoms with Gasteiger partial charge in [0.05, 0.1) is 25.3 Å². The van der Waals surface area contributed by atoms with E-state index in [2.05, 4.69) is 0 Å². The fourth-order valence-electron chi connectivity index (χ4n) is 4.69. The van der Waals surface area contributed by atoms with E-state index in [1.807, 2.05) is 19.9 Å². The average molecular weight is 482 g/mol. The zero-order valence-corrected chi connectivity index (χ0v) is 20.5. The molecule has 186 valence electrons. The van der Waals surface area contributed by atoms with Gasteiger partial charge in [0.15, 0.2) is 11.5 Å². The predicted octanol–water partition coefficient (Wildman–Crippen LogP) is 3.88. The predicted molar refractivity (Wildman–Crippen MR) is 130 cm³/mol. The lowest BCUT2D eigenvalue weighted by atomic mass is 9.94. The van der Waals surface area contributed by atoms with Crippen LogP contribution in [0.3, 0.4) is 0 Å². The highest BCUT2D eigenvalue weighted by Gasteiger charge is 2.46. The van der Waals surface area contributed by atoms with Crippen LogP contribution < -0.4 is 14.2 Å². The summed E-state index contributed by atoms with van der Waals surface area (Å²) in [7, 11) is 3.12. The third-order valence-electron chi connectivity index (χ3n) is 6.26. The summed E-state index contributed by atoms with van der Waals surface area (Å²) in [6.07, 6.45) is 1.30. The van der Waals surface area contributed by atoms with E-state index in [-0.39, 0.29) is 17.4 Å². The number of aliphatic hydroxyl groups is 1. The first-order chi connectivity index (χ1) is 16.9. The average Bonchev–Trinajstić information content (AvgIpc) is 3.35.